The van der Waals surface area contributed by atoms with Gasteiger partial charge in [0, 0.05) is 0 Å². The van der Waals surface area contributed by atoms with E-state index < -0.39 is 0 Å². The van der Waals surface area contributed by atoms with Gasteiger partial charge < -0.3 is 0 Å². The van der Waals surface area contributed by atoms with Gasteiger partial charge in [-0.15, -0.1) is 23.5 Å². The molecular weight excluding hydrogens is 172 g/mol. The largest absolute Gasteiger partial charge is 0.143 e. The first-order valence-corrected chi connectivity index (χ1v) is 6.43. The summed E-state index contributed by atoms with van der Waals surface area (Å²) in [4.78, 5) is 0. The molecule has 0 N–H and O–H groups in total. The van der Waals surface area contributed by atoms with Crippen molar-refractivity contribution in [3.05, 3.63) is 12.2 Å². The molecule has 0 aliphatic carbocycles. The third kappa shape index (κ3) is 4.12. The Labute approximate surface area is 78.2 Å². The average molecular weight is 188 g/mol. The van der Waals surface area contributed by atoms with Gasteiger partial charge in [-0.05, 0) is 24.3 Å². The van der Waals surface area contributed by atoms with Crippen molar-refractivity contribution in [3.63, 3.8) is 0 Å². The predicted octanol–water partition coefficient (Wildman–Crippen LogP) is 3.54. The van der Waals surface area contributed by atoms with Crippen molar-refractivity contribution in [1.82, 2.24) is 0 Å². The van der Waals surface area contributed by atoms with Gasteiger partial charge in [0.2, 0.25) is 0 Å². The second-order valence-electron chi connectivity index (χ2n) is 2.68. The maximum absolute atomic E-state index is 2.37. The maximum atomic E-state index is 2.37. The lowest BCUT2D eigenvalue weighted by atomic mass is 10.3. The number of allylic oxidation sites excluding steroid dienone is 1. The van der Waals surface area contributed by atoms with Gasteiger partial charge in [-0.1, -0.05) is 25.5 Å². The van der Waals surface area contributed by atoms with Crippen LogP contribution in [-0.2, 0) is 0 Å². The molecule has 0 aromatic carbocycles. The van der Waals surface area contributed by atoms with Crippen molar-refractivity contribution < 1.29 is 0 Å². The van der Waals surface area contributed by atoms with Crippen LogP contribution in [0, 0.1) is 0 Å². The van der Waals surface area contributed by atoms with E-state index in [0.29, 0.717) is 0 Å². The summed E-state index contributed by atoms with van der Waals surface area (Å²) in [7, 11) is 0. The van der Waals surface area contributed by atoms with Gasteiger partial charge in [-0.2, -0.15) is 0 Å². The molecular formula is C9H16S2. The van der Waals surface area contributed by atoms with Gasteiger partial charge >= 0.3 is 0 Å². The molecule has 0 spiro atoms. The first-order chi connectivity index (χ1) is 5.43. The normalized spacial score (nSPS) is 21.2. The monoisotopic (exact) mass is 188 g/mol. The second-order valence-corrected chi connectivity index (χ2v) is 5.48. The van der Waals surface area contributed by atoms with Gasteiger partial charge in [0.15, 0.2) is 0 Å². The molecule has 1 aliphatic heterocycles. The van der Waals surface area contributed by atoms with Crippen LogP contribution in [0.25, 0.3) is 0 Å². The van der Waals surface area contributed by atoms with E-state index in [1.54, 1.807) is 0 Å². The third-order valence-corrected chi connectivity index (χ3v) is 4.44. The van der Waals surface area contributed by atoms with Crippen molar-refractivity contribution >= 4 is 23.5 Å². The summed E-state index contributed by atoms with van der Waals surface area (Å²) >= 11 is 4.18. The quantitative estimate of drug-likeness (QED) is 0.621. The topological polar surface area (TPSA) is 0 Å². The highest BCUT2D eigenvalue weighted by Crippen LogP contribution is 2.31. The minimum Gasteiger partial charge on any atom is -0.143 e. The Morgan fingerprint density at radius 2 is 2.09 bits per heavy atom. The zero-order valence-electron chi connectivity index (χ0n) is 7.08. The molecule has 0 aromatic rings. The highest BCUT2D eigenvalue weighted by Gasteiger charge is 2.09. The van der Waals surface area contributed by atoms with Crippen LogP contribution < -0.4 is 0 Å². The fourth-order valence-electron chi connectivity index (χ4n) is 0.991. The summed E-state index contributed by atoms with van der Waals surface area (Å²) < 4.78 is 0.760. The number of rotatable bonds is 3. The van der Waals surface area contributed by atoms with Crippen LogP contribution in [0.3, 0.4) is 0 Å². The Hall–Kier alpha value is 0.440. The molecule has 1 fully saturated rings. The summed E-state index contributed by atoms with van der Waals surface area (Å²) in [6, 6.07) is 0. The molecule has 0 unspecified atom stereocenters. The van der Waals surface area contributed by atoms with Crippen molar-refractivity contribution in [2.45, 2.75) is 30.8 Å². The highest BCUT2D eigenvalue weighted by molar-refractivity contribution is 8.17. The van der Waals surface area contributed by atoms with Crippen LogP contribution in [0.5, 0.6) is 0 Å². The van der Waals surface area contributed by atoms with Gasteiger partial charge in [0.25, 0.3) is 0 Å². The van der Waals surface area contributed by atoms with Crippen LogP contribution >= 0.6 is 23.5 Å². The van der Waals surface area contributed by atoms with Crippen LogP contribution in [-0.4, -0.2) is 16.1 Å². The van der Waals surface area contributed by atoms with E-state index in [4.69, 9.17) is 0 Å². The number of unbranched alkanes of at least 4 members (excludes halogenated alkanes) is 1. The summed E-state index contributed by atoms with van der Waals surface area (Å²) in [5.41, 5.74) is 0. The van der Waals surface area contributed by atoms with Gasteiger partial charge in [0.1, 0.15) is 0 Å². The number of thioether (sulfide) groups is 2. The van der Waals surface area contributed by atoms with E-state index in [1.807, 2.05) is 0 Å². The van der Waals surface area contributed by atoms with Crippen LogP contribution in [0.1, 0.15) is 26.2 Å². The summed E-state index contributed by atoms with van der Waals surface area (Å²) in [5.74, 6) is 2.71. The predicted molar refractivity (Wildman–Crippen MR) is 57.4 cm³/mol. The Kier molecular flexibility index (Phi) is 5.21. The zero-order chi connectivity index (χ0) is 7.94. The Balaban J connectivity index is 2.13. The van der Waals surface area contributed by atoms with E-state index in [1.165, 1.54) is 30.8 Å². The zero-order valence-corrected chi connectivity index (χ0v) is 8.72. The molecule has 1 saturated heterocycles. The van der Waals surface area contributed by atoms with Crippen molar-refractivity contribution in [3.8, 4) is 0 Å². The van der Waals surface area contributed by atoms with E-state index in [0.717, 1.165) is 4.58 Å². The first-order valence-electron chi connectivity index (χ1n) is 4.33. The molecule has 0 atom stereocenters. The Morgan fingerprint density at radius 1 is 1.36 bits per heavy atom. The molecule has 0 radical (unpaired) electrons. The van der Waals surface area contributed by atoms with Crippen LogP contribution in [0.2, 0.25) is 0 Å². The van der Waals surface area contributed by atoms with Gasteiger partial charge in [-0.25, -0.2) is 0 Å². The molecule has 64 valence electrons. The minimum absolute atomic E-state index is 0.760. The van der Waals surface area contributed by atoms with Crippen molar-refractivity contribution in [2.24, 2.45) is 0 Å². The molecule has 11 heavy (non-hydrogen) atoms. The molecule has 1 rings (SSSR count). The Morgan fingerprint density at radius 3 is 2.73 bits per heavy atom. The SMILES string of the molecule is CCC/C=C/C1SCCCS1. The molecule has 0 saturated carbocycles. The summed E-state index contributed by atoms with van der Waals surface area (Å²) in [6.07, 6.45) is 8.62. The van der Waals surface area contributed by atoms with E-state index >= 15 is 0 Å². The molecule has 1 aliphatic rings. The fourth-order valence-corrected chi connectivity index (χ4v) is 3.67. The van der Waals surface area contributed by atoms with E-state index in [9.17, 15) is 0 Å². The lowest BCUT2D eigenvalue weighted by Gasteiger charge is -2.16. The van der Waals surface area contributed by atoms with Crippen LogP contribution in [0.15, 0.2) is 12.2 Å². The average Bonchev–Trinajstić information content (AvgIpc) is 2.07. The third-order valence-electron chi connectivity index (χ3n) is 1.60. The fraction of sp³-hybridized carbons (Fsp3) is 0.778. The second kappa shape index (κ2) is 6.01. The van der Waals surface area contributed by atoms with Crippen molar-refractivity contribution in [1.29, 1.82) is 0 Å². The van der Waals surface area contributed by atoms with E-state index in [2.05, 4.69) is 42.6 Å². The smallest absolute Gasteiger partial charge is 0.0682 e. The first kappa shape index (κ1) is 9.53. The van der Waals surface area contributed by atoms with Crippen LogP contribution in [0.4, 0.5) is 0 Å². The molecule has 0 nitrogen and oxygen atoms in total. The lowest BCUT2D eigenvalue weighted by Crippen LogP contribution is -2.02. The molecule has 0 aromatic heterocycles. The van der Waals surface area contributed by atoms with Gasteiger partial charge in [0.05, 0.1) is 4.58 Å². The van der Waals surface area contributed by atoms with Gasteiger partial charge in [-0.3, -0.25) is 0 Å². The number of hydrogen-bond donors (Lipinski definition) is 0. The van der Waals surface area contributed by atoms with Crippen molar-refractivity contribution in [2.75, 3.05) is 11.5 Å². The molecule has 0 amide bonds. The molecule has 1 heterocycles. The lowest BCUT2D eigenvalue weighted by molar-refractivity contribution is 0.956. The molecule has 2 heteroatoms. The van der Waals surface area contributed by atoms with E-state index in [-0.39, 0.29) is 0 Å². The maximum Gasteiger partial charge on any atom is 0.0682 e. The summed E-state index contributed by atoms with van der Waals surface area (Å²) in [5, 5.41) is 0. The minimum atomic E-state index is 0.760. The summed E-state index contributed by atoms with van der Waals surface area (Å²) in [6.45, 7) is 2.23. The molecule has 0 bridgehead atoms. The highest BCUT2D eigenvalue weighted by atomic mass is 32.2. The number of hydrogen-bond acceptors (Lipinski definition) is 2. The standard InChI is InChI=1S/C9H16S2/c1-2-3-4-6-9-10-7-5-8-11-9/h4,6,9H,2-3,5,7-8H2,1H3/b6-4+. The Bertz CT molecular complexity index is 115.